The first-order chi connectivity index (χ1) is 12.2. The minimum Gasteiger partial charge on any atom is -0.241 e. The Hall–Kier alpha value is -1.83. The summed E-state index contributed by atoms with van der Waals surface area (Å²) < 4.78 is 50.9. The fourth-order valence-electron chi connectivity index (χ4n) is 2.75. The van der Waals surface area contributed by atoms with E-state index in [4.69, 9.17) is 11.6 Å². The molecule has 1 aromatic heterocycles. The van der Waals surface area contributed by atoms with Crippen LogP contribution in [0.2, 0.25) is 5.02 Å². The maximum atomic E-state index is 13.0. The van der Waals surface area contributed by atoms with E-state index in [0.29, 0.717) is 21.5 Å². The Morgan fingerprint density at radius 3 is 2.35 bits per heavy atom. The van der Waals surface area contributed by atoms with E-state index in [1.165, 1.54) is 22.3 Å². The average Bonchev–Trinajstić information content (AvgIpc) is 2.99. The summed E-state index contributed by atoms with van der Waals surface area (Å²) in [5, 5.41) is 1.09. The maximum Gasteiger partial charge on any atom is 0.268 e. The number of sulfone groups is 1. The third-order valence-corrected chi connectivity index (χ3v) is 7.87. The van der Waals surface area contributed by atoms with Crippen molar-refractivity contribution in [3.05, 3.63) is 65.3 Å². The van der Waals surface area contributed by atoms with Crippen LogP contribution in [0, 0.1) is 0 Å². The number of hydrogen-bond donors (Lipinski definition) is 0. The van der Waals surface area contributed by atoms with Crippen molar-refractivity contribution in [1.82, 2.24) is 3.97 Å². The van der Waals surface area contributed by atoms with Gasteiger partial charge in [0.1, 0.15) is 9.84 Å². The Morgan fingerprint density at radius 1 is 1.00 bits per heavy atom. The molecule has 1 heterocycles. The first-order valence-electron chi connectivity index (χ1n) is 8.05. The molecular formula is C18H18ClNO4S2. The van der Waals surface area contributed by atoms with Gasteiger partial charge >= 0.3 is 0 Å². The fraction of sp³-hybridized carbons (Fsp3) is 0.222. The minimum absolute atomic E-state index is 0.0311. The molecule has 138 valence electrons. The predicted octanol–water partition coefficient (Wildman–Crippen LogP) is 3.51. The highest BCUT2D eigenvalue weighted by atomic mass is 35.5. The highest BCUT2D eigenvalue weighted by molar-refractivity contribution is 7.91. The van der Waals surface area contributed by atoms with Crippen LogP contribution in [0.15, 0.2) is 59.6 Å². The lowest BCUT2D eigenvalue weighted by Gasteiger charge is -2.07. The molecule has 0 amide bonds. The lowest BCUT2D eigenvalue weighted by molar-refractivity contribution is 0.589. The van der Waals surface area contributed by atoms with Crippen LogP contribution in [-0.2, 0) is 26.3 Å². The van der Waals surface area contributed by atoms with E-state index in [1.54, 1.807) is 43.3 Å². The number of halogens is 1. The fourth-order valence-corrected chi connectivity index (χ4v) is 5.14. The molecule has 5 nitrogen and oxygen atoms in total. The second-order valence-electron chi connectivity index (χ2n) is 5.92. The highest BCUT2D eigenvalue weighted by Gasteiger charge is 2.22. The van der Waals surface area contributed by atoms with Gasteiger partial charge in [0, 0.05) is 22.4 Å². The smallest absolute Gasteiger partial charge is 0.241 e. The van der Waals surface area contributed by atoms with Crippen molar-refractivity contribution in [2.75, 3.05) is 11.5 Å². The number of rotatable bonds is 6. The topological polar surface area (TPSA) is 73.2 Å². The molecule has 0 spiro atoms. The monoisotopic (exact) mass is 411 g/mol. The van der Waals surface area contributed by atoms with Gasteiger partial charge in [-0.2, -0.15) is 0 Å². The van der Waals surface area contributed by atoms with Crippen LogP contribution in [0.5, 0.6) is 0 Å². The van der Waals surface area contributed by atoms with Crippen LogP contribution in [-0.4, -0.2) is 32.3 Å². The van der Waals surface area contributed by atoms with Crippen LogP contribution < -0.4 is 0 Å². The number of nitrogens with zero attached hydrogens (tertiary/aromatic N) is 1. The molecule has 0 aliphatic rings. The molecular weight excluding hydrogens is 394 g/mol. The second-order valence-corrected chi connectivity index (χ2v) is 10.6. The van der Waals surface area contributed by atoms with Gasteiger partial charge in [0.15, 0.2) is 0 Å². The molecule has 0 bridgehead atoms. The molecule has 0 aliphatic heterocycles. The third kappa shape index (κ3) is 3.65. The molecule has 0 atom stereocenters. The van der Waals surface area contributed by atoms with Gasteiger partial charge in [-0.25, -0.2) is 20.8 Å². The van der Waals surface area contributed by atoms with Gasteiger partial charge in [-0.3, -0.25) is 0 Å². The molecule has 0 unspecified atom stereocenters. The van der Waals surface area contributed by atoms with Crippen molar-refractivity contribution >= 4 is 42.4 Å². The van der Waals surface area contributed by atoms with Gasteiger partial charge in [0.05, 0.1) is 16.2 Å². The van der Waals surface area contributed by atoms with Crippen LogP contribution in [0.3, 0.4) is 0 Å². The largest absolute Gasteiger partial charge is 0.268 e. The lowest BCUT2D eigenvalue weighted by Crippen LogP contribution is -2.12. The SMILES string of the molecule is CCS(=O)(=O)CCc1cn(S(=O)(=O)c2ccccc2)c2cc(Cl)ccc12. The summed E-state index contributed by atoms with van der Waals surface area (Å²) in [5.74, 6) is 0.0242. The van der Waals surface area contributed by atoms with Crippen molar-refractivity contribution in [2.45, 2.75) is 18.2 Å². The third-order valence-electron chi connectivity index (χ3n) is 4.24. The molecule has 0 saturated carbocycles. The Morgan fingerprint density at radius 2 is 1.69 bits per heavy atom. The van der Waals surface area contributed by atoms with Crippen molar-refractivity contribution < 1.29 is 16.8 Å². The Balaban J connectivity index is 2.16. The van der Waals surface area contributed by atoms with Crippen molar-refractivity contribution in [3.8, 4) is 0 Å². The average molecular weight is 412 g/mol. The molecule has 0 saturated heterocycles. The first-order valence-corrected chi connectivity index (χ1v) is 11.7. The van der Waals surface area contributed by atoms with Crippen LogP contribution >= 0.6 is 11.6 Å². The van der Waals surface area contributed by atoms with E-state index < -0.39 is 19.9 Å². The van der Waals surface area contributed by atoms with E-state index in [2.05, 4.69) is 0 Å². The van der Waals surface area contributed by atoms with Crippen LogP contribution in [0.25, 0.3) is 10.9 Å². The molecule has 26 heavy (non-hydrogen) atoms. The molecule has 0 N–H and O–H groups in total. The number of aromatic nitrogens is 1. The zero-order valence-electron chi connectivity index (χ0n) is 14.1. The van der Waals surface area contributed by atoms with Crippen LogP contribution in [0.4, 0.5) is 0 Å². The van der Waals surface area contributed by atoms with Crippen molar-refractivity contribution in [1.29, 1.82) is 0 Å². The number of hydrogen-bond acceptors (Lipinski definition) is 4. The number of benzene rings is 2. The normalized spacial score (nSPS) is 12.5. The van der Waals surface area contributed by atoms with Gasteiger partial charge in [0.2, 0.25) is 0 Å². The quantitative estimate of drug-likeness (QED) is 0.622. The molecule has 2 aromatic carbocycles. The standard InChI is InChI=1S/C18H18ClNO4S2/c1-2-25(21,22)11-10-14-13-20(18-12-15(19)8-9-17(14)18)26(23,24)16-6-4-3-5-7-16/h3-9,12-13H,2,10-11H2,1H3. The summed E-state index contributed by atoms with van der Waals surface area (Å²) in [6.45, 7) is 1.60. The molecule has 0 fully saturated rings. The number of fused-ring (bicyclic) bond motifs is 1. The van der Waals surface area contributed by atoms with Crippen LogP contribution in [0.1, 0.15) is 12.5 Å². The lowest BCUT2D eigenvalue weighted by atomic mass is 10.1. The van der Waals surface area contributed by atoms with E-state index in [0.717, 1.165) is 0 Å². The molecule has 3 rings (SSSR count). The second kappa shape index (κ2) is 7.06. The van der Waals surface area contributed by atoms with E-state index in [9.17, 15) is 16.8 Å². The van der Waals surface area contributed by atoms with Gasteiger partial charge in [-0.15, -0.1) is 0 Å². The van der Waals surface area contributed by atoms with Gasteiger partial charge in [-0.05, 0) is 36.2 Å². The molecule has 0 aliphatic carbocycles. The summed E-state index contributed by atoms with van der Waals surface area (Å²) in [5.41, 5.74) is 1.10. The summed E-state index contributed by atoms with van der Waals surface area (Å²) in [6.07, 6.45) is 1.74. The first kappa shape index (κ1) is 18.9. The van der Waals surface area contributed by atoms with Gasteiger partial charge < -0.3 is 0 Å². The zero-order chi connectivity index (χ0) is 18.9. The van der Waals surface area contributed by atoms with Crippen molar-refractivity contribution in [3.63, 3.8) is 0 Å². The summed E-state index contributed by atoms with van der Waals surface area (Å²) in [4.78, 5) is 0.157. The molecule has 0 radical (unpaired) electrons. The Bertz CT molecular complexity index is 1150. The van der Waals surface area contributed by atoms with E-state index in [1.807, 2.05) is 0 Å². The highest BCUT2D eigenvalue weighted by Crippen LogP contribution is 2.29. The van der Waals surface area contributed by atoms with E-state index >= 15 is 0 Å². The van der Waals surface area contributed by atoms with Crippen molar-refractivity contribution in [2.24, 2.45) is 0 Å². The predicted molar refractivity (Wildman–Crippen MR) is 104 cm³/mol. The summed E-state index contributed by atoms with van der Waals surface area (Å²) in [6, 6.07) is 13.1. The number of aryl methyl sites for hydroxylation is 1. The Labute approximate surface area is 158 Å². The molecule has 8 heteroatoms. The van der Waals surface area contributed by atoms with Gasteiger partial charge in [0.25, 0.3) is 10.0 Å². The minimum atomic E-state index is -3.81. The van der Waals surface area contributed by atoms with E-state index in [-0.39, 0.29) is 22.8 Å². The Kier molecular flexibility index (Phi) is 5.14. The summed E-state index contributed by atoms with van der Waals surface area (Å²) >= 11 is 6.06. The van der Waals surface area contributed by atoms with Gasteiger partial charge in [-0.1, -0.05) is 42.8 Å². The maximum absolute atomic E-state index is 13.0. The summed E-state index contributed by atoms with van der Waals surface area (Å²) in [7, 11) is -6.97. The zero-order valence-corrected chi connectivity index (χ0v) is 16.5. The molecule has 3 aromatic rings.